The lowest BCUT2D eigenvalue weighted by Crippen LogP contribution is -2.58. The number of nitriles is 1. The second-order valence-corrected chi connectivity index (χ2v) is 6.89. The Morgan fingerprint density at radius 3 is 2.36 bits per heavy atom. The summed E-state index contributed by atoms with van der Waals surface area (Å²) in [6.07, 6.45) is 0.586. The molecule has 1 aliphatic rings. The van der Waals surface area contributed by atoms with Crippen LogP contribution in [0, 0.1) is 11.3 Å². The van der Waals surface area contributed by atoms with Crippen molar-refractivity contribution in [3.05, 3.63) is 35.4 Å². The van der Waals surface area contributed by atoms with E-state index in [9.17, 15) is 0 Å². The van der Waals surface area contributed by atoms with Gasteiger partial charge in [-0.25, -0.2) is 0 Å². The van der Waals surface area contributed by atoms with E-state index in [-0.39, 0.29) is 5.54 Å². The highest BCUT2D eigenvalue weighted by molar-refractivity contribution is 5.31. The fourth-order valence-electron chi connectivity index (χ4n) is 2.99. The van der Waals surface area contributed by atoms with Crippen LogP contribution in [0.15, 0.2) is 24.3 Å². The van der Waals surface area contributed by atoms with Gasteiger partial charge in [-0.2, -0.15) is 5.26 Å². The van der Waals surface area contributed by atoms with Crippen LogP contribution < -0.4 is 5.32 Å². The van der Waals surface area contributed by atoms with Gasteiger partial charge >= 0.3 is 0 Å². The fraction of sp³-hybridized carbons (Fsp3) is 0.611. The van der Waals surface area contributed by atoms with E-state index in [1.807, 2.05) is 24.3 Å². The van der Waals surface area contributed by atoms with Crippen LogP contribution in [0.1, 0.15) is 38.8 Å². The molecule has 0 aromatic heterocycles. The van der Waals surface area contributed by atoms with Crippen molar-refractivity contribution in [3.63, 3.8) is 0 Å². The maximum atomic E-state index is 8.82. The summed E-state index contributed by atoms with van der Waals surface area (Å²) >= 11 is 0. The molecular weight excluding hydrogens is 274 g/mol. The highest BCUT2D eigenvalue weighted by Crippen LogP contribution is 2.20. The summed E-state index contributed by atoms with van der Waals surface area (Å²) in [5, 5.41) is 12.4. The Hall–Kier alpha value is -1.41. The number of nitrogens with one attached hydrogen (secondary N) is 1. The van der Waals surface area contributed by atoms with Crippen molar-refractivity contribution in [1.29, 1.82) is 5.26 Å². The van der Waals surface area contributed by atoms with Gasteiger partial charge in [0.15, 0.2) is 0 Å². The second-order valence-electron chi connectivity index (χ2n) is 6.89. The van der Waals surface area contributed by atoms with Crippen molar-refractivity contribution in [2.24, 2.45) is 0 Å². The molecule has 22 heavy (non-hydrogen) atoms. The maximum absolute atomic E-state index is 8.82. The zero-order valence-corrected chi connectivity index (χ0v) is 14.1. The monoisotopic (exact) mass is 301 g/mol. The van der Waals surface area contributed by atoms with Gasteiger partial charge in [0.2, 0.25) is 0 Å². The number of ether oxygens (including phenoxy) is 1. The topological polar surface area (TPSA) is 48.3 Å². The first-order valence-corrected chi connectivity index (χ1v) is 8.01. The molecule has 1 fully saturated rings. The van der Waals surface area contributed by atoms with Crippen molar-refractivity contribution >= 4 is 0 Å². The minimum atomic E-state index is 0.0961. The van der Waals surface area contributed by atoms with E-state index in [1.165, 1.54) is 5.56 Å². The Balaban J connectivity index is 1.85. The van der Waals surface area contributed by atoms with Crippen LogP contribution in [0.5, 0.6) is 0 Å². The van der Waals surface area contributed by atoms with E-state index in [2.05, 4.69) is 44.0 Å². The van der Waals surface area contributed by atoms with E-state index in [0.29, 0.717) is 17.8 Å². The SMILES string of the molecule is CC1CN(C(C)(C)CNCc2ccc(C#N)cc2)CC(C)O1. The van der Waals surface area contributed by atoms with Crippen LogP contribution in [0.2, 0.25) is 0 Å². The van der Waals surface area contributed by atoms with Gasteiger partial charge in [-0.1, -0.05) is 12.1 Å². The lowest BCUT2D eigenvalue weighted by Gasteiger charge is -2.45. The molecule has 0 amide bonds. The fourth-order valence-corrected chi connectivity index (χ4v) is 2.99. The zero-order chi connectivity index (χ0) is 16.2. The quantitative estimate of drug-likeness (QED) is 0.908. The number of morpholine rings is 1. The van der Waals surface area contributed by atoms with Crippen molar-refractivity contribution < 1.29 is 4.74 Å². The van der Waals surface area contributed by atoms with Crippen molar-refractivity contribution in [3.8, 4) is 6.07 Å². The molecule has 0 aliphatic carbocycles. The molecule has 4 heteroatoms. The molecule has 4 nitrogen and oxygen atoms in total. The Kier molecular flexibility index (Phi) is 5.57. The minimum Gasteiger partial charge on any atom is -0.373 e. The summed E-state index contributed by atoms with van der Waals surface area (Å²) in [6, 6.07) is 9.91. The van der Waals surface area contributed by atoms with Gasteiger partial charge in [-0.05, 0) is 45.4 Å². The first-order valence-electron chi connectivity index (χ1n) is 8.01. The van der Waals surface area contributed by atoms with Gasteiger partial charge < -0.3 is 10.1 Å². The summed E-state index contributed by atoms with van der Waals surface area (Å²) in [6.45, 7) is 12.6. The molecular formula is C18H27N3O. The molecule has 0 radical (unpaired) electrons. The van der Waals surface area contributed by atoms with Gasteiger partial charge in [0.05, 0.1) is 23.8 Å². The Bertz CT molecular complexity index is 508. The molecule has 0 saturated carbocycles. The summed E-state index contributed by atoms with van der Waals surface area (Å²) in [7, 11) is 0. The summed E-state index contributed by atoms with van der Waals surface area (Å²) in [5.74, 6) is 0. The van der Waals surface area contributed by atoms with Crippen LogP contribution in [-0.4, -0.2) is 42.3 Å². The number of nitrogens with zero attached hydrogens (tertiary/aromatic N) is 2. The van der Waals surface area contributed by atoms with E-state index in [4.69, 9.17) is 10.00 Å². The van der Waals surface area contributed by atoms with Crippen LogP contribution in [-0.2, 0) is 11.3 Å². The third kappa shape index (κ3) is 4.54. The van der Waals surface area contributed by atoms with Crippen LogP contribution in [0.25, 0.3) is 0 Å². The lowest BCUT2D eigenvalue weighted by atomic mass is 10.00. The molecule has 1 N–H and O–H groups in total. The van der Waals surface area contributed by atoms with Crippen LogP contribution in [0.3, 0.4) is 0 Å². The molecule has 1 heterocycles. The molecule has 0 spiro atoms. The Morgan fingerprint density at radius 1 is 1.23 bits per heavy atom. The highest BCUT2D eigenvalue weighted by atomic mass is 16.5. The van der Waals surface area contributed by atoms with Gasteiger partial charge in [0.25, 0.3) is 0 Å². The molecule has 2 unspecified atom stereocenters. The molecule has 1 aromatic rings. The first kappa shape index (κ1) is 17.0. The molecule has 1 saturated heterocycles. The first-order chi connectivity index (χ1) is 10.4. The average molecular weight is 301 g/mol. The van der Waals surface area contributed by atoms with E-state index < -0.39 is 0 Å². The largest absolute Gasteiger partial charge is 0.373 e. The highest BCUT2D eigenvalue weighted by Gasteiger charge is 2.32. The Labute approximate surface area is 134 Å². The van der Waals surface area contributed by atoms with E-state index in [1.54, 1.807) is 0 Å². The second kappa shape index (κ2) is 7.23. The van der Waals surface area contributed by atoms with Crippen molar-refractivity contribution in [2.75, 3.05) is 19.6 Å². The van der Waals surface area contributed by atoms with Crippen molar-refractivity contribution in [2.45, 2.75) is 52.0 Å². The smallest absolute Gasteiger partial charge is 0.0991 e. The van der Waals surface area contributed by atoms with Gasteiger partial charge in [-0.15, -0.1) is 0 Å². The van der Waals surface area contributed by atoms with Gasteiger partial charge in [0.1, 0.15) is 0 Å². The van der Waals surface area contributed by atoms with Gasteiger partial charge in [0, 0.05) is 31.7 Å². The van der Waals surface area contributed by atoms with Crippen LogP contribution in [0.4, 0.5) is 0 Å². The number of hydrogen-bond donors (Lipinski definition) is 1. The summed E-state index contributed by atoms with van der Waals surface area (Å²) in [5.41, 5.74) is 2.01. The summed E-state index contributed by atoms with van der Waals surface area (Å²) in [4.78, 5) is 2.51. The Morgan fingerprint density at radius 2 is 1.82 bits per heavy atom. The average Bonchev–Trinajstić information content (AvgIpc) is 2.47. The number of rotatable bonds is 5. The maximum Gasteiger partial charge on any atom is 0.0991 e. The standard InChI is InChI=1S/C18H27N3O/c1-14-11-21(12-15(2)22-14)18(3,4)13-20-10-17-7-5-16(9-19)6-8-17/h5-8,14-15,20H,10-13H2,1-4H3. The zero-order valence-electron chi connectivity index (χ0n) is 14.1. The van der Waals surface area contributed by atoms with Crippen LogP contribution >= 0.6 is 0 Å². The predicted octanol–water partition coefficient (Wildman–Crippen LogP) is 2.54. The molecule has 1 aromatic carbocycles. The lowest BCUT2D eigenvalue weighted by molar-refractivity contribution is -0.0952. The number of hydrogen-bond acceptors (Lipinski definition) is 4. The molecule has 1 aliphatic heterocycles. The van der Waals surface area contributed by atoms with E-state index in [0.717, 1.165) is 26.2 Å². The molecule has 2 atom stereocenters. The summed E-state index contributed by atoms with van der Waals surface area (Å²) < 4.78 is 5.82. The van der Waals surface area contributed by atoms with Gasteiger partial charge in [-0.3, -0.25) is 4.90 Å². The molecule has 0 bridgehead atoms. The van der Waals surface area contributed by atoms with E-state index >= 15 is 0 Å². The number of benzene rings is 1. The predicted molar refractivity (Wildman–Crippen MR) is 88.5 cm³/mol. The third-order valence-corrected chi connectivity index (χ3v) is 4.25. The third-order valence-electron chi connectivity index (χ3n) is 4.25. The minimum absolute atomic E-state index is 0.0961. The normalized spacial score (nSPS) is 23.2. The molecule has 120 valence electrons. The molecule has 2 rings (SSSR count). The van der Waals surface area contributed by atoms with Crippen molar-refractivity contribution in [1.82, 2.24) is 10.2 Å².